The minimum Gasteiger partial charge on any atom is -0.378 e. The van der Waals surface area contributed by atoms with E-state index in [0.29, 0.717) is 11.5 Å². The Bertz CT molecular complexity index is 121. The quantitative estimate of drug-likeness (QED) is 0.599. The second-order valence-corrected chi connectivity index (χ2v) is 4.57. The summed E-state index contributed by atoms with van der Waals surface area (Å²) in [6.45, 7) is 3.17. The second kappa shape index (κ2) is 6.67. The van der Waals surface area contributed by atoms with Crippen LogP contribution < -0.4 is 0 Å². The highest BCUT2D eigenvalue weighted by molar-refractivity contribution is 6.20. The molecule has 2 atom stereocenters. The van der Waals surface area contributed by atoms with Gasteiger partial charge < -0.3 is 4.74 Å². The molecule has 0 aliphatic carbocycles. The number of rotatable bonds is 6. The number of alkyl halides is 1. The fraction of sp³-hybridized carbons (Fsp3) is 1.00. The molecule has 0 amide bonds. The van der Waals surface area contributed by atoms with E-state index in [-0.39, 0.29) is 0 Å². The van der Waals surface area contributed by atoms with Crippen LogP contribution in [0.5, 0.6) is 0 Å². The van der Waals surface area contributed by atoms with Gasteiger partial charge in [0.1, 0.15) is 0 Å². The Morgan fingerprint density at radius 1 is 1.46 bits per heavy atom. The van der Waals surface area contributed by atoms with Crippen molar-refractivity contribution in [3.63, 3.8) is 0 Å². The monoisotopic (exact) mass is 204 g/mol. The Hall–Kier alpha value is 0.250. The molecule has 1 nitrogen and oxygen atoms in total. The summed E-state index contributed by atoms with van der Waals surface area (Å²) in [6.07, 6.45) is 9.04. The molecule has 0 bridgehead atoms. The number of hydrogen-bond donors (Lipinski definition) is 0. The van der Waals surface area contributed by atoms with E-state index >= 15 is 0 Å². The lowest BCUT2D eigenvalue weighted by Crippen LogP contribution is -2.06. The number of ether oxygens (including phenoxy) is 1. The van der Waals surface area contributed by atoms with E-state index in [9.17, 15) is 0 Å². The summed E-state index contributed by atoms with van der Waals surface area (Å²) in [5, 5.41) is 0.395. The molecule has 1 fully saturated rings. The molecule has 1 aliphatic heterocycles. The Balaban J connectivity index is 1.93. The first-order valence-electron chi connectivity index (χ1n) is 5.58. The van der Waals surface area contributed by atoms with Crippen LogP contribution in [0, 0.1) is 0 Å². The maximum absolute atomic E-state index is 6.13. The van der Waals surface area contributed by atoms with Crippen molar-refractivity contribution in [3.05, 3.63) is 0 Å². The Kier molecular flexibility index (Phi) is 5.81. The maximum Gasteiger partial charge on any atom is 0.0576 e. The van der Waals surface area contributed by atoms with Crippen molar-refractivity contribution in [1.82, 2.24) is 0 Å². The van der Waals surface area contributed by atoms with Gasteiger partial charge in [-0.2, -0.15) is 0 Å². The summed E-state index contributed by atoms with van der Waals surface area (Å²) in [6, 6.07) is 0. The highest BCUT2D eigenvalue weighted by Gasteiger charge is 2.15. The predicted molar refractivity (Wildman–Crippen MR) is 57.4 cm³/mol. The topological polar surface area (TPSA) is 9.23 Å². The van der Waals surface area contributed by atoms with E-state index in [0.717, 1.165) is 19.4 Å². The van der Waals surface area contributed by atoms with Crippen LogP contribution in [0.25, 0.3) is 0 Å². The fourth-order valence-corrected chi connectivity index (χ4v) is 2.27. The summed E-state index contributed by atoms with van der Waals surface area (Å²) < 4.78 is 5.55. The normalized spacial score (nSPS) is 24.9. The summed E-state index contributed by atoms with van der Waals surface area (Å²) in [5.74, 6) is 0. The third-order valence-corrected chi connectivity index (χ3v) is 3.11. The van der Waals surface area contributed by atoms with Gasteiger partial charge in [0.2, 0.25) is 0 Å². The Labute approximate surface area is 86.8 Å². The lowest BCUT2D eigenvalue weighted by molar-refractivity contribution is 0.102. The molecule has 13 heavy (non-hydrogen) atoms. The molecule has 0 saturated carbocycles. The van der Waals surface area contributed by atoms with Gasteiger partial charge in [-0.3, -0.25) is 0 Å². The molecule has 0 aromatic heterocycles. The Morgan fingerprint density at radius 3 is 2.92 bits per heavy atom. The van der Waals surface area contributed by atoms with Gasteiger partial charge in [-0.15, -0.1) is 11.6 Å². The zero-order valence-electron chi connectivity index (χ0n) is 8.60. The van der Waals surface area contributed by atoms with Crippen molar-refractivity contribution in [3.8, 4) is 0 Å². The molecule has 2 unspecified atom stereocenters. The molecule has 1 aliphatic rings. The summed E-state index contributed by atoms with van der Waals surface area (Å²) in [4.78, 5) is 0. The van der Waals surface area contributed by atoms with Crippen LogP contribution in [0.2, 0.25) is 0 Å². The minimum atomic E-state index is 0.395. The van der Waals surface area contributed by atoms with E-state index in [2.05, 4.69) is 6.92 Å². The van der Waals surface area contributed by atoms with Crippen molar-refractivity contribution in [2.75, 3.05) is 6.61 Å². The molecule has 0 radical (unpaired) electrons. The van der Waals surface area contributed by atoms with Gasteiger partial charge in [0.25, 0.3) is 0 Å². The fourth-order valence-electron chi connectivity index (χ4n) is 1.90. The molecule has 0 aromatic rings. The van der Waals surface area contributed by atoms with E-state index in [4.69, 9.17) is 16.3 Å². The maximum atomic E-state index is 6.13. The molecule has 2 heteroatoms. The summed E-state index contributed by atoms with van der Waals surface area (Å²) >= 11 is 6.13. The average Bonchev–Trinajstić information content (AvgIpc) is 2.57. The van der Waals surface area contributed by atoms with Crippen LogP contribution in [0.3, 0.4) is 0 Å². The second-order valence-electron chi connectivity index (χ2n) is 3.95. The smallest absolute Gasteiger partial charge is 0.0576 e. The average molecular weight is 205 g/mol. The molecular formula is C11H21ClO. The van der Waals surface area contributed by atoms with E-state index in [1.807, 2.05) is 0 Å². The summed E-state index contributed by atoms with van der Waals surface area (Å²) in [7, 11) is 0. The van der Waals surface area contributed by atoms with Gasteiger partial charge in [-0.25, -0.2) is 0 Å². The van der Waals surface area contributed by atoms with Crippen LogP contribution in [0.4, 0.5) is 0 Å². The van der Waals surface area contributed by atoms with Gasteiger partial charge in [0.15, 0.2) is 0 Å². The van der Waals surface area contributed by atoms with Gasteiger partial charge in [0, 0.05) is 12.0 Å². The first-order chi connectivity index (χ1) is 6.33. The first-order valence-corrected chi connectivity index (χ1v) is 6.02. The summed E-state index contributed by atoms with van der Waals surface area (Å²) in [5.41, 5.74) is 0. The molecule has 0 spiro atoms. The molecular weight excluding hydrogens is 184 g/mol. The van der Waals surface area contributed by atoms with Crippen LogP contribution in [-0.4, -0.2) is 18.1 Å². The molecule has 1 rings (SSSR count). The third kappa shape index (κ3) is 4.87. The lowest BCUT2D eigenvalue weighted by Gasteiger charge is -2.11. The molecule has 1 heterocycles. The highest BCUT2D eigenvalue weighted by atomic mass is 35.5. The number of hydrogen-bond acceptors (Lipinski definition) is 1. The standard InChI is InChI=1S/C11H21ClO/c1-2-5-10(12)6-3-7-11-8-4-9-13-11/h10-11H,2-9H2,1H3. The van der Waals surface area contributed by atoms with Gasteiger partial charge in [-0.05, 0) is 38.5 Å². The number of halogens is 1. The largest absolute Gasteiger partial charge is 0.378 e. The van der Waals surface area contributed by atoms with E-state index < -0.39 is 0 Å². The van der Waals surface area contributed by atoms with Gasteiger partial charge in [0.05, 0.1) is 6.10 Å². The minimum absolute atomic E-state index is 0.395. The molecule has 0 aromatic carbocycles. The van der Waals surface area contributed by atoms with Crippen molar-refractivity contribution >= 4 is 11.6 Å². The van der Waals surface area contributed by atoms with Crippen molar-refractivity contribution < 1.29 is 4.74 Å². The van der Waals surface area contributed by atoms with Crippen LogP contribution in [0.1, 0.15) is 51.9 Å². The molecule has 78 valence electrons. The van der Waals surface area contributed by atoms with Crippen LogP contribution in [-0.2, 0) is 4.74 Å². The van der Waals surface area contributed by atoms with Crippen LogP contribution >= 0.6 is 11.6 Å². The zero-order valence-corrected chi connectivity index (χ0v) is 9.35. The van der Waals surface area contributed by atoms with Crippen molar-refractivity contribution in [2.45, 2.75) is 63.4 Å². The van der Waals surface area contributed by atoms with Crippen molar-refractivity contribution in [2.24, 2.45) is 0 Å². The molecule has 1 saturated heterocycles. The van der Waals surface area contributed by atoms with Crippen molar-refractivity contribution in [1.29, 1.82) is 0 Å². The first kappa shape index (κ1) is 11.3. The van der Waals surface area contributed by atoms with E-state index in [1.54, 1.807) is 0 Å². The highest BCUT2D eigenvalue weighted by Crippen LogP contribution is 2.20. The third-order valence-electron chi connectivity index (χ3n) is 2.67. The zero-order chi connectivity index (χ0) is 9.52. The predicted octanol–water partition coefficient (Wildman–Crippen LogP) is 3.74. The SMILES string of the molecule is CCCC(Cl)CCCC1CCCO1. The lowest BCUT2D eigenvalue weighted by atomic mass is 10.1. The van der Waals surface area contributed by atoms with Gasteiger partial charge >= 0.3 is 0 Å². The van der Waals surface area contributed by atoms with E-state index in [1.165, 1.54) is 32.1 Å². The van der Waals surface area contributed by atoms with Crippen LogP contribution in [0.15, 0.2) is 0 Å². The Morgan fingerprint density at radius 2 is 2.31 bits per heavy atom. The molecule has 0 N–H and O–H groups in total. The van der Waals surface area contributed by atoms with Gasteiger partial charge in [-0.1, -0.05) is 13.3 Å².